The van der Waals surface area contributed by atoms with Crippen LogP contribution in [-0.4, -0.2) is 45.5 Å². The van der Waals surface area contributed by atoms with E-state index in [0.29, 0.717) is 16.8 Å². The fraction of sp³-hybridized carbons (Fsp3) is 0.222. The molecule has 12 nitrogen and oxygen atoms in total. The van der Waals surface area contributed by atoms with Gasteiger partial charge in [0.15, 0.2) is 9.84 Å². The molecule has 2 heterocycles. The monoisotopic (exact) mass is 683 g/mol. The van der Waals surface area contributed by atoms with Gasteiger partial charge in [-0.2, -0.15) is 13.1 Å². The van der Waals surface area contributed by atoms with Crippen molar-refractivity contribution in [1.82, 2.24) is 19.9 Å². The number of sulfone groups is 1. The summed E-state index contributed by atoms with van der Waals surface area (Å²) in [5, 5.41) is 10.9. The van der Waals surface area contributed by atoms with Gasteiger partial charge in [0.25, 0.3) is 10.2 Å². The van der Waals surface area contributed by atoms with Gasteiger partial charge in [0.1, 0.15) is 21.8 Å². The van der Waals surface area contributed by atoms with Crippen molar-refractivity contribution >= 4 is 41.6 Å². The average Bonchev–Trinajstić information content (AvgIpc) is 3.58. The van der Waals surface area contributed by atoms with E-state index in [1.165, 1.54) is 12.1 Å². The van der Waals surface area contributed by atoms with Crippen molar-refractivity contribution in [2.75, 3.05) is 7.11 Å². The number of thiazole rings is 1. The van der Waals surface area contributed by atoms with Crippen molar-refractivity contribution < 1.29 is 43.9 Å². The first-order valence-electron chi connectivity index (χ1n) is 12.8. The van der Waals surface area contributed by atoms with Crippen LogP contribution >= 0.6 is 11.3 Å². The Hall–Kier alpha value is -3.94. The van der Waals surface area contributed by atoms with Crippen LogP contribution < -0.4 is 14.6 Å². The largest absolute Gasteiger partial charge is 0.573 e. The lowest BCUT2D eigenvalue weighted by Gasteiger charge is -2.16. The Bertz CT molecular complexity index is 2010. The summed E-state index contributed by atoms with van der Waals surface area (Å²) in [7, 11) is -6.73. The number of fused-ring (bicyclic) bond motifs is 1. The van der Waals surface area contributed by atoms with Gasteiger partial charge in [-0.3, -0.25) is 0 Å². The first-order chi connectivity index (χ1) is 21.2. The first kappa shape index (κ1) is 32.5. The van der Waals surface area contributed by atoms with E-state index in [0.717, 1.165) is 40.2 Å². The Labute approximate surface area is 259 Å². The fourth-order valence-corrected chi connectivity index (χ4v) is 7.86. The van der Waals surface area contributed by atoms with Gasteiger partial charge >= 0.3 is 6.36 Å². The lowest BCUT2D eigenvalue weighted by Crippen LogP contribution is -2.30. The van der Waals surface area contributed by atoms with Crippen LogP contribution in [0.15, 0.2) is 71.1 Å². The van der Waals surface area contributed by atoms with Gasteiger partial charge in [-0.05, 0) is 46.5 Å². The predicted molar refractivity (Wildman–Crippen MR) is 158 cm³/mol. The van der Waals surface area contributed by atoms with Crippen molar-refractivity contribution in [2.45, 2.75) is 30.5 Å². The molecule has 0 spiro atoms. The van der Waals surface area contributed by atoms with Gasteiger partial charge in [-0.15, -0.1) is 34.7 Å². The van der Waals surface area contributed by atoms with E-state index < -0.39 is 49.7 Å². The van der Waals surface area contributed by atoms with Gasteiger partial charge in [-0.25, -0.2) is 18.5 Å². The highest BCUT2D eigenvalue weighted by Gasteiger charge is 2.35. The van der Waals surface area contributed by atoms with Gasteiger partial charge in [0.2, 0.25) is 11.8 Å². The van der Waals surface area contributed by atoms with Crippen LogP contribution in [0.1, 0.15) is 33.2 Å². The summed E-state index contributed by atoms with van der Waals surface area (Å²) in [5.74, 6) is -1.89. The molecule has 0 radical (unpaired) electrons. The summed E-state index contributed by atoms with van der Waals surface area (Å²) in [6.07, 6.45) is -4.93. The maximum Gasteiger partial charge on any atom is 0.573 e. The van der Waals surface area contributed by atoms with Crippen LogP contribution in [0.5, 0.6) is 5.75 Å². The Morgan fingerprint density at radius 1 is 0.956 bits per heavy atom. The van der Waals surface area contributed by atoms with E-state index in [4.69, 9.17) is 14.3 Å². The number of ether oxygens (including phenoxy) is 2. The molecule has 0 aliphatic heterocycles. The molecule has 3 aromatic carbocycles. The van der Waals surface area contributed by atoms with Gasteiger partial charge < -0.3 is 13.9 Å². The molecular formula is C27H24F3N5O7S3. The number of nitrogens with two attached hydrogens (primary N) is 1. The number of rotatable bonds is 12. The smallest absolute Gasteiger partial charge is 0.423 e. The number of methoxy groups -OCH3 is 1. The zero-order valence-electron chi connectivity index (χ0n) is 23.2. The fourth-order valence-electron chi connectivity index (χ4n) is 4.38. The molecule has 0 saturated carbocycles. The number of hydrogen-bond donors (Lipinski definition) is 2. The van der Waals surface area contributed by atoms with Crippen LogP contribution in [0.2, 0.25) is 0 Å². The van der Waals surface area contributed by atoms with E-state index in [9.17, 15) is 30.0 Å². The summed E-state index contributed by atoms with van der Waals surface area (Å²) in [4.78, 5) is 4.57. The maximum atomic E-state index is 13.9. The Balaban J connectivity index is 1.50. The second-order valence-corrected chi connectivity index (χ2v) is 14.2. The standard InChI is InChI=1S/C27H24F3N5O7S3/c1-40-14-16-2-4-17(5-3-16)19-8-11-21-22(12-19)43-26(33-21)25(18-6-9-20(10-7-18)42-27(28,29)30)44(36,37)15-24-35-34-23(41-24)13-32-45(31,38)39/h2-12,25,32H,13-15H2,1H3,(H2,31,38,39). The van der Waals surface area contributed by atoms with E-state index in [-0.39, 0.29) is 22.4 Å². The number of aromatic nitrogens is 3. The summed E-state index contributed by atoms with van der Waals surface area (Å²) < 4.78 is 105. The van der Waals surface area contributed by atoms with Crippen LogP contribution in [0.4, 0.5) is 13.2 Å². The summed E-state index contributed by atoms with van der Waals surface area (Å²) in [6.45, 7) is -0.000617. The predicted octanol–water partition coefficient (Wildman–Crippen LogP) is 4.39. The molecular weight excluding hydrogens is 660 g/mol. The van der Waals surface area contributed by atoms with E-state index in [1.54, 1.807) is 13.2 Å². The minimum Gasteiger partial charge on any atom is -0.423 e. The number of benzene rings is 3. The van der Waals surface area contributed by atoms with Crippen LogP contribution in [-0.2, 0) is 43.7 Å². The molecule has 0 aliphatic rings. The van der Waals surface area contributed by atoms with Crippen molar-refractivity contribution in [1.29, 1.82) is 0 Å². The molecule has 238 valence electrons. The average molecular weight is 684 g/mol. The van der Waals surface area contributed by atoms with Gasteiger partial charge in [0.05, 0.1) is 23.4 Å². The first-order valence-corrected chi connectivity index (χ1v) is 16.9. The van der Waals surface area contributed by atoms with Crippen LogP contribution in [0, 0.1) is 0 Å². The molecule has 0 fully saturated rings. The van der Waals surface area contributed by atoms with E-state index in [1.807, 2.05) is 41.1 Å². The molecule has 1 unspecified atom stereocenters. The molecule has 0 aliphatic carbocycles. The molecule has 3 N–H and O–H groups in total. The Kier molecular flexibility index (Phi) is 9.24. The molecule has 5 aromatic rings. The SMILES string of the molecule is COCc1ccc(-c2ccc3nc(C(c4ccc(OC(F)(F)F)cc4)S(=O)(=O)Cc4nnc(CNS(N)(=O)=O)o4)sc3c2)cc1. The summed E-state index contributed by atoms with van der Waals surface area (Å²) >= 11 is 1.11. The number of nitrogens with one attached hydrogen (secondary N) is 1. The van der Waals surface area contributed by atoms with Gasteiger partial charge in [-0.1, -0.05) is 42.5 Å². The molecule has 0 amide bonds. The highest BCUT2D eigenvalue weighted by molar-refractivity contribution is 7.91. The number of nitrogens with zero attached hydrogens (tertiary/aromatic N) is 3. The molecule has 18 heteroatoms. The second-order valence-electron chi connectivity index (χ2n) is 9.62. The van der Waals surface area contributed by atoms with E-state index in [2.05, 4.69) is 19.9 Å². The summed E-state index contributed by atoms with van der Waals surface area (Å²) in [5.41, 5.74) is 3.41. The molecule has 1 atom stereocenters. The highest BCUT2D eigenvalue weighted by atomic mass is 32.2. The molecule has 0 saturated heterocycles. The van der Waals surface area contributed by atoms with E-state index >= 15 is 0 Å². The minimum atomic E-state index is -4.93. The topological polar surface area (TPSA) is 177 Å². The number of halogens is 3. The van der Waals surface area contributed by atoms with Crippen LogP contribution in [0.25, 0.3) is 21.3 Å². The third-order valence-corrected chi connectivity index (χ3v) is 9.90. The molecule has 0 bridgehead atoms. The minimum absolute atomic E-state index is 0.119. The quantitative estimate of drug-likeness (QED) is 0.192. The van der Waals surface area contributed by atoms with Crippen LogP contribution in [0.3, 0.4) is 0 Å². The molecule has 5 rings (SSSR count). The lowest BCUT2D eigenvalue weighted by molar-refractivity contribution is -0.274. The number of hydrogen-bond acceptors (Lipinski definition) is 11. The van der Waals surface area contributed by atoms with Crippen molar-refractivity contribution in [3.8, 4) is 16.9 Å². The molecule has 2 aromatic heterocycles. The third kappa shape index (κ3) is 8.41. The summed E-state index contributed by atoms with van der Waals surface area (Å²) in [6, 6.07) is 17.6. The Morgan fingerprint density at radius 2 is 1.62 bits per heavy atom. The lowest BCUT2D eigenvalue weighted by atomic mass is 10.0. The van der Waals surface area contributed by atoms with Crippen molar-refractivity contribution in [2.24, 2.45) is 5.14 Å². The van der Waals surface area contributed by atoms with Crippen molar-refractivity contribution in [3.05, 3.63) is 94.6 Å². The van der Waals surface area contributed by atoms with Crippen molar-refractivity contribution in [3.63, 3.8) is 0 Å². The zero-order chi connectivity index (χ0) is 32.4. The zero-order valence-corrected chi connectivity index (χ0v) is 25.6. The maximum absolute atomic E-state index is 13.9. The normalized spacial score (nSPS) is 13.3. The van der Waals surface area contributed by atoms with Gasteiger partial charge in [0, 0.05) is 7.11 Å². The molecule has 45 heavy (non-hydrogen) atoms. The number of alkyl halides is 3. The highest BCUT2D eigenvalue weighted by Crippen LogP contribution is 2.39. The second kappa shape index (κ2) is 12.8. The Morgan fingerprint density at radius 3 is 2.27 bits per heavy atom. The third-order valence-electron chi connectivity index (χ3n) is 6.26.